The molecule has 1 aromatic rings. The molecule has 2 nitrogen and oxygen atoms in total. The molecule has 15 heavy (non-hydrogen) atoms. The molecule has 0 spiro atoms. The van der Waals surface area contributed by atoms with Gasteiger partial charge < -0.3 is 0 Å². The Morgan fingerprint density at radius 3 is 2.60 bits per heavy atom. The summed E-state index contributed by atoms with van der Waals surface area (Å²) in [4.78, 5) is 0. The van der Waals surface area contributed by atoms with E-state index in [0.29, 0.717) is 5.92 Å². The Morgan fingerprint density at radius 1 is 1.40 bits per heavy atom. The zero-order valence-electron chi connectivity index (χ0n) is 8.88. The molecule has 1 heterocycles. The molecular formula is C10H15F3N2. The first kappa shape index (κ1) is 12.1. The second-order valence-corrected chi connectivity index (χ2v) is 4.09. The third-order valence-corrected chi connectivity index (χ3v) is 2.04. The number of alkyl halides is 3. The quantitative estimate of drug-likeness (QED) is 0.762. The summed E-state index contributed by atoms with van der Waals surface area (Å²) >= 11 is 0. The van der Waals surface area contributed by atoms with Gasteiger partial charge in [0, 0.05) is 6.20 Å². The van der Waals surface area contributed by atoms with Crippen LogP contribution in [0.4, 0.5) is 13.2 Å². The molecule has 0 aliphatic carbocycles. The third kappa shape index (κ3) is 4.85. The van der Waals surface area contributed by atoms with E-state index in [-0.39, 0.29) is 0 Å². The fourth-order valence-corrected chi connectivity index (χ4v) is 1.26. The molecule has 86 valence electrons. The number of nitrogens with zero attached hydrogens (tertiary/aromatic N) is 2. The maximum Gasteiger partial charge on any atom is 0.408 e. The molecule has 0 bridgehead atoms. The molecule has 0 aliphatic rings. The van der Waals surface area contributed by atoms with E-state index in [2.05, 4.69) is 18.9 Å². The number of hydrogen-bond donors (Lipinski definition) is 0. The maximum absolute atomic E-state index is 12.0. The van der Waals surface area contributed by atoms with Crippen molar-refractivity contribution < 1.29 is 13.2 Å². The highest BCUT2D eigenvalue weighted by Gasteiger charge is 2.28. The van der Waals surface area contributed by atoms with Gasteiger partial charge in [0.15, 0.2) is 0 Å². The first-order valence-electron chi connectivity index (χ1n) is 4.95. The molecule has 0 amide bonds. The zero-order valence-corrected chi connectivity index (χ0v) is 8.88. The van der Waals surface area contributed by atoms with Crippen LogP contribution in [-0.2, 0) is 13.0 Å². The van der Waals surface area contributed by atoms with Crippen molar-refractivity contribution in [3.05, 3.63) is 18.0 Å². The van der Waals surface area contributed by atoms with Crippen LogP contribution in [0.15, 0.2) is 12.4 Å². The summed E-state index contributed by atoms with van der Waals surface area (Å²) in [6.45, 7) is 3.16. The van der Waals surface area contributed by atoms with Gasteiger partial charge in [-0.3, -0.25) is 4.68 Å². The van der Waals surface area contributed by atoms with Crippen LogP contribution in [0, 0.1) is 5.92 Å². The van der Waals surface area contributed by atoms with E-state index in [9.17, 15) is 13.2 Å². The molecule has 0 aromatic carbocycles. The fraction of sp³-hybridized carbons (Fsp3) is 0.700. The summed E-state index contributed by atoms with van der Waals surface area (Å²) in [5.74, 6) is 0.552. The molecule has 0 saturated carbocycles. The highest BCUT2D eigenvalue weighted by atomic mass is 19.4. The Morgan fingerprint density at radius 2 is 2.07 bits per heavy atom. The van der Waals surface area contributed by atoms with Crippen LogP contribution in [0.2, 0.25) is 0 Å². The lowest BCUT2D eigenvalue weighted by molar-refractivity contribution is -0.142. The number of aryl methyl sites for hydroxylation is 1. The maximum atomic E-state index is 12.0. The average molecular weight is 220 g/mol. The van der Waals surface area contributed by atoms with Crippen molar-refractivity contribution in [3.8, 4) is 0 Å². The second kappa shape index (κ2) is 4.68. The molecule has 0 aliphatic heterocycles. The normalized spacial score (nSPS) is 12.4. The summed E-state index contributed by atoms with van der Waals surface area (Å²) in [5, 5.41) is 3.68. The summed E-state index contributed by atoms with van der Waals surface area (Å²) in [6, 6.07) is 0. The fourth-order valence-electron chi connectivity index (χ4n) is 1.26. The molecule has 0 radical (unpaired) electrons. The van der Waals surface area contributed by atoms with Crippen LogP contribution in [-0.4, -0.2) is 16.0 Å². The predicted molar refractivity (Wildman–Crippen MR) is 51.4 cm³/mol. The Labute approximate surface area is 87.1 Å². The summed E-state index contributed by atoms with van der Waals surface area (Å²) in [5.41, 5.74) is 0.868. The van der Waals surface area contributed by atoms with E-state index in [1.54, 1.807) is 0 Å². The third-order valence-electron chi connectivity index (χ3n) is 2.04. The van der Waals surface area contributed by atoms with Gasteiger partial charge >= 0.3 is 6.18 Å². The van der Waals surface area contributed by atoms with Gasteiger partial charge in [-0.1, -0.05) is 13.8 Å². The van der Waals surface area contributed by atoms with Crippen molar-refractivity contribution >= 4 is 0 Å². The van der Waals surface area contributed by atoms with E-state index in [1.807, 2.05) is 0 Å². The molecular weight excluding hydrogens is 205 g/mol. The van der Waals surface area contributed by atoms with Gasteiger partial charge in [-0.2, -0.15) is 18.3 Å². The Hall–Kier alpha value is -1.00. The highest BCUT2D eigenvalue weighted by molar-refractivity contribution is 5.04. The minimum atomic E-state index is -4.19. The topological polar surface area (TPSA) is 17.8 Å². The van der Waals surface area contributed by atoms with Crippen molar-refractivity contribution in [2.75, 3.05) is 0 Å². The lowest BCUT2D eigenvalue weighted by Crippen LogP contribution is -2.17. The summed E-state index contributed by atoms with van der Waals surface area (Å²) in [7, 11) is 0. The molecule has 0 saturated heterocycles. The van der Waals surface area contributed by atoms with Crippen LogP contribution in [0.1, 0.15) is 25.8 Å². The Balaban J connectivity index is 2.49. The number of aromatic nitrogens is 2. The van der Waals surface area contributed by atoms with Crippen LogP contribution in [0.5, 0.6) is 0 Å². The van der Waals surface area contributed by atoms with Crippen LogP contribution >= 0.6 is 0 Å². The first-order chi connectivity index (χ1) is 6.87. The number of halogens is 3. The van der Waals surface area contributed by atoms with E-state index < -0.39 is 12.7 Å². The molecule has 5 heteroatoms. The molecule has 0 unspecified atom stereocenters. The molecule has 1 aromatic heterocycles. The van der Waals surface area contributed by atoms with E-state index in [4.69, 9.17) is 0 Å². The van der Waals surface area contributed by atoms with Crippen molar-refractivity contribution in [3.63, 3.8) is 0 Å². The molecule has 0 N–H and O–H groups in total. The SMILES string of the molecule is CC(C)CCc1cnn(CC(F)(F)F)c1. The van der Waals surface area contributed by atoms with Gasteiger partial charge in [0.05, 0.1) is 6.20 Å². The second-order valence-electron chi connectivity index (χ2n) is 4.09. The Bertz CT molecular complexity index is 302. The van der Waals surface area contributed by atoms with Crippen molar-refractivity contribution in [2.45, 2.75) is 39.4 Å². The molecule has 0 atom stereocenters. The van der Waals surface area contributed by atoms with Crippen LogP contribution in [0.25, 0.3) is 0 Å². The van der Waals surface area contributed by atoms with Gasteiger partial charge in [-0.15, -0.1) is 0 Å². The minimum Gasteiger partial charge on any atom is -0.263 e. The lowest BCUT2D eigenvalue weighted by Gasteiger charge is -2.05. The van der Waals surface area contributed by atoms with Crippen LogP contribution in [0.3, 0.4) is 0 Å². The van der Waals surface area contributed by atoms with E-state index in [0.717, 1.165) is 23.1 Å². The van der Waals surface area contributed by atoms with Gasteiger partial charge in [-0.05, 0) is 24.3 Å². The first-order valence-corrected chi connectivity index (χ1v) is 4.95. The van der Waals surface area contributed by atoms with Gasteiger partial charge in [-0.25, -0.2) is 0 Å². The van der Waals surface area contributed by atoms with Gasteiger partial charge in [0.2, 0.25) is 0 Å². The summed E-state index contributed by atoms with van der Waals surface area (Å²) in [6.07, 6.45) is 0.540. The smallest absolute Gasteiger partial charge is 0.263 e. The predicted octanol–water partition coefficient (Wildman–Crippen LogP) is 3.03. The number of rotatable bonds is 4. The van der Waals surface area contributed by atoms with Crippen molar-refractivity contribution in [1.82, 2.24) is 9.78 Å². The van der Waals surface area contributed by atoms with Gasteiger partial charge in [0.25, 0.3) is 0 Å². The monoisotopic (exact) mass is 220 g/mol. The Kier molecular flexibility index (Phi) is 3.77. The van der Waals surface area contributed by atoms with E-state index >= 15 is 0 Å². The van der Waals surface area contributed by atoms with Gasteiger partial charge in [0.1, 0.15) is 6.54 Å². The van der Waals surface area contributed by atoms with Crippen molar-refractivity contribution in [1.29, 1.82) is 0 Å². The molecule has 0 fully saturated rings. The zero-order chi connectivity index (χ0) is 11.5. The number of hydrogen-bond acceptors (Lipinski definition) is 1. The minimum absolute atomic E-state index is 0.552. The molecule has 1 rings (SSSR count). The lowest BCUT2D eigenvalue weighted by atomic mass is 10.1. The standard InChI is InChI=1S/C10H15F3N2/c1-8(2)3-4-9-5-14-15(6-9)7-10(11,12)13/h5-6,8H,3-4,7H2,1-2H3. The van der Waals surface area contributed by atoms with Crippen molar-refractivity contribution in [2.24, 2.45) is 5.92 Å². The van der Waals surface area contributed by atoms with Crippen LogP contribution < -0.4 is 0 Å². The largest absolute Gasteiger partial charge is 0.408 e. The average Bonchev–Trinajstić information content (AvgIpc) is 2.45. The summed E-state index contributed by atoms with van der Waals surface area (Å²) < 4.78 is 37.0. The van der Waals surface area contributed by atoms with E-state index in [1.165, 1.54) is 12.4 Å². The highest BCUT2D eigenvalue weighted by Crippen LogP contribution is 2.17.